The lowest BCUT2D eigenvalue weighted by molar-refractivity contribution is 0.481. The molecule has 3 aromatic carbocycles. The Morgan fingerprint density at radius 2 is 1.33 bits per heavy atom. The molecule has 0 aliphatic carbocycles. The Hall–Kier alpha value is -3.14. The predicted molar refractivity (Wildman–Crippen MR) is 114 cm³/mol. The van der Waals surface area contributed by atoms with Crippen LogP contribution in [-0.4, -0.2) is 20.1 Å². The van der Waals surface area contributed by atoms with Gasteiger partial charge >= 0.3 is 0 Å². The van der Waals surface area contributed by atoms with Crippen molar-refractivity contribution in [2.45, 2.75) is 13.8 Å². The summed E-state index contributed by atoms with van der Waals surface area (Å²) in [6.07, 6.45) is 0. The number of hydrogen-bond donors (Lipinski definition) is 1. The molecular formula is C23H25N3O. The molecule has 4 nitrogen and oxygen atoms in total. The van der Waals surface area contributed by atoms with Crippen LogP contribution in [0.15, 0.2) is 66.7 Å². The van der Waals surface area contributed by atoms with Crippen LogP contribution < -0.4 is 19.9 Å². The smallest absolute Gasteiger partial charge is 0.153 e. The molecule has 0 unspecified atom stereocenters. The van der Waals surface area contributed by atoms with Gasteiger partial charge in [-0.1, -0.05) is 18.2 Å². The minimum Gasteiger partial charge on any atom is -0.453 e. The summed E-state index contributed by atoms with van der Waals surface area (Å²) in [5.41, 5.74) is 5.41. The molecule has 0 fully saturated rings. The van der Waals surface area contributed by atoms with Crippen LogP contribution in [0.2, 0.25) is 0 Å². The van der Waals surface area contributed by atoms with E-state index in [0.29, 0.717) is 0 Å². The maximum Gasteiger partial charge on any atom is 0.153 e. The standard InChI is InChI=1S/C23H25N3O/c1-4-26(5-2)19-12-14-21-23(16-19)27-22-15-18(11-13-20(22)24-21)25(3)17-9-7-6-8-10-17/h6-16,24H,4-5H2,1-3H3. The second-order valence-electron chi connectivity index (χ2n) is 6.65. The van der Waals surface area contributed by atoms with E-state index in [1.54, 1.807) is 0 Å². The lowest BCUT2D eigenvalue weighted by atomic mass is 10.1. The van der Waals surface area contributed by atoms with Crippen molar-refractivity contribution in [1.82, 2.24) is 0 Å². The van der Waals surface area contributed by atoms with E-state index in [-0.39, 0.29) is 0 Å². The van der Waals surface area contributed by atoms with E-state index in [0.717, 1.165) is 47.3 Å². The van der Waals surface area contributed by atoms with Gasteiger partial charge < -0.3 is 19.9 Å². The van der Waals surface area contributed by atoms with Gasteiger partial charge in [0.05, 0.1) is 11.4 Å². The molecule has 138 valence electrons. The van der Waals surface area contributed by atoms with Crippen molar-refractivity contribution < 1.29 is 4.74 Å². The molecular weight excluding hydrogens is 334 g/mol. The zero-order chi connectivity index (χ0) is 18.8. The fraction of sp³-hybridized carbons (Fsp3) is 0.217. The van der Waals surface area contributed by atoms with Crippen LogP contribution >= 0.6 is 0 Å². The minimum absolute atomic E-state index is 0.847. The number of fused-ring (bicyclic) bond motifs is 2. The summed E-state index contributed by atoms with van der Waals surface area (Å²) in [6, 6.07) is 23.0. The lowest BCUT2D eigenvalue weighted by Crippen LogP contribution is -2.21. The van der Waals surface area contributed by atoms with E-state index in [1.807, 2.05) is 18.2 Å². The van der Waals surface area contributed by atoms with Gasteiger partial charge in [0.2, 0.25) is 0 Å². The van der Waals surface area contributed by atoms with Gasteiger partial charge in [0.15, 0.2) is 11.5 Å². The van der Waals surface area contributed by atoms with E-state index < -0.39 is 0 Å². The van der Waals surface area contributed by atoms with E-state index >= 15 is 0 Å². The molecule has 4 rings (SSSR count). The maximum absolute atomic E-state index is 6.27. The van der Waals surface area contributed by atoms with E-state index in [2.05, 4.69) is 84.5 Å². The van der Waals surface area contributed by atoms with Gasteiger partial charge in [0.1, 0.15) is 0 Å². The van der Waals surface area contributed by atoms with Crippen molar-refractivity contribution in [2.75, 3.05) is 35.3 Å². The summed E-state index contributed by atoms with van der Waals surface area (Å²) in [6.45, 7) is 6.29. The van der Waals surface area contributed by atoms with Crippen molar-refractivity contribution in [3.63, 3.8) is 0 Å². The van der Waals surface area contributed by atoms with Gasteiger partial charge in [0.25, 0.3) is 0 Å². The predicted octanol–water partition coefficient (Wildman–Crippen LogP) is 6.15. The number of rotatable bonds is 5. The van der Waals surface area contributed by atoms with E-state index in [1.165, 1.54) is 5.69 Å². The average molecular weight is 359 g/mol. The second-order valence-corrected chi connectivity index (χ2v) is 6.65. The Morgan fingerprint density at radius 1 is 0.741 bits per heavy atom. The highest BCUT2D eigenvalue weighted by Crippen LogP contribution is 2.45. The number of para-hydroxylation sites is 1. The number of nitrogens with one attached hydrogen (secondary N) is 1. The third-order valence-electron chi connectivity index (χ3n) is 5.08. The molecule has 0 radical (unpaired) electrons. The number of ether oxygens (including phenoxy) is 1. The molecule has 1 aliphatic heterocycles. The largest absolute Gasteiger partial charge is 0.453 e. The molecule has 3 aromatic rings. The van der Waals surface area contributed by atoms with E-state index in [9.17, 15) is 0 Å². The molecule has 1 aliphatic rings. The van der Waals surface area contributed by atoms with Crippen molar-refractivity contribution in [3.8, 4) is 11.5 Å². The number of anilines is 5. The summed E-state index contributed by atoms with van der Waals surface area (Å²) >= 11 is 0. The summed E-state index contributed by atoms with van der Waals surface area (Å²) in [5, 5.41) is 3.49. The molecule has 0 amide bonds. The monoisotopic (exact) mass is 359 g/mol. The molecule has 1 heterocycles. The normalized spacial score (nSPS) is 11.7. The van der Waals surface area contributed by atoms with E-state index in [4.69, 9.17) is 4.74 Å². The summed E-state index contributed by atoms with van der Waals surface area (Å²) in [5.74, 6) is 1.71. The van der Waals surface area contributed by atoms with Gasteiger partial charge in [-0.2, -0.15) is 0 Å². The van der Waals surface area contributed by atoms with Gasteiger partial charge in [0, 0.05) is 49.3 Å². The minimum atomic E-state index is 0.847. The zero-order valence-corrected chi connectivity index (χ0v) is 16.1. The highest BCUT2D eigenvalue weighted by molar-refractivity contribution is 5.80. The first-order valence-corrected chi connectivity index (χ1v) is 9.46. The summed E-state index contributed by atoms with van der Waals surface area (Å²) in [7, 11) is 2.07. The Labute approximate surface area is 161 Å². The first-order valence-electron chi connectivity index (χ1n) is 9.46. The van der Waals surface area contributed by atoms with Gasteiger partial charge in [-0.25, -0.2) is 0 Å². The van der Waals surface area contributed by atoms with Gasteiger partial charge in [-0.05, 0) is 50.2 Å². The van der Waals surface area contributed by atoms with Crippen LogP contribution in [0, 0.1) is 0 Å². The Kier molecular flexibility index (Phi) is 4.63. The first kappa shape index (κ1) is 17.3. The Morgan fingerprint density at radius 3 is 1.96 bits per heavy atom. The molecule has 1 N–H and O–H groups in total. The number of nitrogens with zero attached hydrogens (tertiary/aromatic N) is 2. The fourth-order valence-electron chi connectivity index (χ4n) is 3.46. The topological polar surface area (TPSA) is 27.7 Å². The molecule has 0 saturated heterocycles. The van der Waals surface area contributed by atoms with Crippen LogP contribution in [0.25, 0.3) is 0 Å². The third-order valence-corrected chi connectivity index (χ3v) is 5.08. The third kappa shape index (κ3) is 3.31. The molecule has 0 bridgehead atoms. The van der Waals surface area contributed by atoms with Gasteiger partial charge in [-0.3, -0.25) is 0 Å². The molecule has 27 heavy (non-hydrogen) atoms. The van der Waals surface area contributed by atoms with Crippen LogP contribution in [-0.2, 0) is 0 Å². The molecule has 0 saturated carbocycles. The Balaban J connectivity index is 1.64. The Bertz CT molecular complexity index is 936. The van der Waals surface area contributed by atoms with Crippen molar-refractivity contribution in [3.05, 3.63) is 66.7 Å². The molecule has 0 aromatic heterocycles. The van der Waals surface area contributed by atoms with Crippen molar-refractivity contribution >= 4 is 28.4 Å². The number of hydrogen-bond acceptors (Lipinski definition) is 4. The number of benzene rings is 3. The highest BCUT2D eigenvalue weighted by Gasteiger charge is 2.19. The zero-order valence-electron chi connectivity index (χ0n) is 16.1. The van der Waals surface area contributed by atoms with Crippen molar-refractivity contribution in [2.24, 2.45) is 0 Å². The summed E-state index contributed by atoms with van der Waals surface area (Å²) in [4.78, 5) is 4.48. The average Bonchev–Trinajstić information content (AvgIpc) is 2.72. The first-order chi connectivity index (χ1) is 13.2. The highest BCUT2D eigenvalue weighted by atomic mass is 16.5. The molecule has 0 spiro atoms. The fourth-order valence-corrected chi connectivity index (χ4v) is 3.46. The maximum atomic E-state index is 6.27. The van der Waals surface area contributed by atoms with Crippen LogP contribution in [0.4, 0.5) is 28.4 Å². The quantitative estimate of drug-likeness (QED) is 0.462. The second kappa shape index (κ2) is 7.23. The molecule has 4 heteroatoms. The van der Waals surface area contributed by atoms with Crippen LogP contribution in [0.3, 0.4) is 0 Å². The van der Waals surface area contributed by atoms with Gasteiger partial charge in [-0.15, -0.1) is 0 Å². The molecule has 0 atom stereocenters. The van der Waals surface area contributed by atoms with Crippen LogP contribution in [0.5, 0.6) is 11.5 Å². The lowest BCUT2D eigenvalue weighted by Gasteiger charge is -2.27. The van der Waals surface area contributed by atoms with Crippen molar-refractivity contribution in [1.29, 1.82) is 0 Å². The summed E-state index contributed by atoms with van der Waals surface area (Å²) < 4.78 is 6.27. The SMILES string of the molecule is CCN(CC)c1ccc2c(c1)Oc1cc(N(C)c3ccccc3)ccc1N2. The van der Waals surface area contributed by atoms with Crippen LogP contribution in [0.1, 0.15) is 13.8 Å².